The highest BCUT2D eigenvalue weighted by molar-refractivity contribution is 5.96. The summed E-state index contributed by atoms with van der Waals surface area (Å²) >= 11 is 0. The summed E-state index contributed by atoms with van der Waals surface area (Å²) in [6.45, 7) is -0.865. The second kappa shape index (κ2) is 6.10. The van der Waals surface area contributed by atoms with E-state index < -0.39 is 30.2 Å². The number of alkyl halides is 3. The number of amides is 1. The average molecular weight is 285 g/mol. The number of hydrogen-bond donors (Lipinski definition) is 1. The molecule has 0 aromatic heterocycles. The van der Waals surface area contributed by atoms with Crippen molar-refractivity contribution in [1.82, 2.24) is 4.90 Å². The van der Waals surface area contributed by atoms with Crippen molar-refractivity contribution in [3.63, 3.8) is 0 Å². The summed E-state index contributed by atoms with van der Waals surface area (Å²) in [4.78, 5) is 23.4. The predicted molar refractivity (Wildman–Crippen MR) is 63.8 cm³/mol. The number of hydrogen-bond acceptors (Lipinski definition) is 2. The third-order valence-corrected chi connectivity index (χ3v) is 2.35. The Morgan fingerprint density at radius 3 is 2.20 bits per heavy atom. The lowest BCUT2D eigenvalue weighted by atomic mass is 10.1. The van der Waals surface area contributed by atoms with Crippen LogP contribution in [0.15, 0.2) is 24.3 Å². The number of carboxylic acids is 1. The molecule has 1 aromatic carbocycles. The lowest BCUT2D eigenvalue weighted by Gasteiger charge is -2.18. The molecule has 0 spiro atoms. The zero-order chi connectivity index (χ0) is 15.3. The zero-order valence-corrected chi connectivity index (χ0v) is 10.1. The standard InChI is InChI=1S/C13H10F3NO3/c1-2-7-17(8-11(18)19)12(20)9-3-5-10(6-4-9)13(14,15)16/h1,3-6H,7-8H2,(H,18,19). The third kappa shape index (κ3) is 4.02. The molecule has 0 atom stereocenters. The molecule has 1 N–H and O–H groups in total. The molecule has 0 aliphatic heterocycles. The molecule has 0 aliphatic rings. The van der Waals surface area contributed by atoms with Gasteiger partial charge in [-0.1, -0.05) is 5.92 Å². The van der Waals surface area contributed by atoms with Gasteiger partial charge in [0.05, 0.1) is 12.1 Å². The number of rotatable bonds is 4. The summed E-state index contributed by atoms with van der Waals surface area (Å²) in [6, 6.07) is 3.47. The summed E-state index contributed by atoms with van der Waals surface area (Å²) in [6.07, 6.45) is 0.518. The molecule has 0 aliphatic carbocycles. The molecule has 0 saturated heterocycles. The maximum absolute atomic E-state index is 12.4. The van der Waals surface area contributed by atoms with E-state index in [1.807, 2.05) is 0 Å². The van der Waals surface area contributed by atoms with Crippen molar-refractivity contribution in [2.24, 2.45) is 0 Å². The van der Waals surface area contributed by atoms with Crippen LogP contribution in [0.1, 0.15) is 15.9 Å². The molecule has 0 saturated carbocycles. The van der Waals surface area contributed by atoms with E-state index in [0.29, 0.717) is 0 Å². The monoisotopic (exact) mass is 285 g/mol. The van der Waals surface area contributed by atoms with Gasteiger partial charge in [-0.2, -0.15) is 13.2 Å². The van der Waals surface area contributed by atoms with Crippen molar-refractivity contribution in [3.05, 3.63) is 35.4 Å². The van der Waals surface area contributed by atoms with Gasteiger partial charge >= 0.3 is 12.1 Å². The number of terminal acetylenes is 1. The molecule has 106 valence electrons. The maximum atomic E-state index is 12.4. The Balaban J connectivity index is 2.95. The number of benzene rings is 1. The first-order chi connectivity index (χ1) is 9.25. The van der Waals surface area contributed by atoms with Crippen LogP contribution in [-0.4, -0.2) is 35.0 Å². The zero-order valence-electron chi connectivity index (χ0n) is 10.1. The molecule has 7 heteroatoms. The van der Waals surface area contributed by atoms with Crippen molar-refractivity contribution in [3.8, 4) is 12.3 Å². The summed E-state index contributed by atoms with van der Waals surface area (Å²) in [5.41, 5.74) is -0.953. The van der Waals surface area contributed by atoms with Gasteiger partial charge in [-0.25, -0.2) is 0 Å². The van der Waals surface area contributed by atoms with E-state index in [4.69, 9.17) is 11.5 Å². The Labute approximate surface area is 112 Å². The Bertz CT molecular complexity index is 543. The molecule has 0 unspecified atom stereocenters. The summed E-state index contributed by atoms with van der Waals surface area (Å²) in [5.74, 6) is 0.121. The van der Waals surface area contributed by atoms with Gasteiger partial charge in [-0.3, -0.25) is 9.59 Å². The number of carboxylic acid groups (broad SMARTS) is 1. The van der Waals surface area contributed by atoms with E-state index in [-0.39, 0.29) is 12.1 Å². The molecular formula is C13H10F3NO3. The Hall–Kier alpha value is -2.49. The van der Waals surface area contributed by atoms with Crippen LogP contribution in [0.4, 0.5) is 13.2 Å². The van der Waals surface area contributed by atoms with Crippen LogP contribution in [0.2, 0.25) is 0 Å². The number of carbonyl (C=O) groups excluding carboxylic acids is 1. The van der Waals surface area contributed by atoms with Gasteiger partial charge in [0, 0.05) is 5.56 Å². The van der Waals surface area contributed by atoms with Crippen molar-refractivity contribution < 1.29 is 27.9 Å². The van der Waals surface area contributed by atoms with E-state index in [9.17, 15) is 22.8 Å². The number of carbonyl (C=O) groups is 2. The minimum absolute atomic E-state index is 0.0606. The summed E-state index contributed by atoms with van der Waals surface area (Å²) in [5, 5.41) is 8.65. The number of aliphatic carboxylic acids is 1. The fraction of sp³-hybridized carbons (Fsp3) is 0.231. The first-order valence-corrected chi connectivity index (χ1v) is 5.37. The van der Waals surface area contributed by atoms with Crippen molar-refractivity contribution in [2.75, 3.05) is 13.1 Å². The minimum Gasteiger partial charge on any atom is -0.480 e. The molecule has 1 amide bonds. The fourth-order valence-corrected chi connectivity index (χ4v) is 1.46. The number of halogens is 3. The average Bonchev–Trinajstić information content (AvgIpc) is 2.36. The van der Waals surface area contributed by atoms with Crippen LogP contribution < -0.4 is 0 Å². The number of nitrogens with zero attached hydrogens (tertiary/aromatic N) is 1. The highest BCUT2D eigenvalue weighted by atomic mass is 19.4. The van der Waals surface area contributed by atoms with Gasteiger partial charge in [0.25, 0.3) is 5.91 Å². The van der Waals surface area contributed by atoms with Crippen LogP contribution >= 0.6 is 0 Å². The fourth-order valence-electron chi connectivity index (χ4n) is 1.46. The van der Waals surface area contributed by atoms with Gasteiger partial charge in [0.2, 0.25) is 0 Å². The van der Waals surface area contributed by atoms with Gasteiger partial charge in [0.1, 0.15) is 6.54 Å². The van der Waals surface area contributed by atoms with Gasteiger partial charge in [-0.15, -0.1) is 6.42 Å². The molecule has 0 fully saturated rings. The molecule has 20 heavy (non-hydrogen) atoms. The quantitative estimate of drug-likeness (QED) is 0.859. The van der Waals surface area contributed by atoms with Crippen molar-refractivity contribution in [1.29, 1.82) is 0 Å². The normalized spacial score (nSPS) is 10.7. The molecular weight excluding hydrogens is 275 g/mol. The largest absolute Gasteiger partial charge is 0.480 e. The highest BCUT2D eigenvalue weighted by Gasteiger charge is 2.30. The van der Waals surface area contributed by atoms with Crippen LogP contribution in [0.5, 0.6) is 0 Å². The van der Waals surface area contributed by atoms with E-state index in [1.165, 1.54) is 0 Å². The van der Waals surface area contributed by atoms with Crippen LogP contribution in [-0.2, 0) is 11.0 Å². The SMILES string of the molecule is C#CCN(CC(=O)O)C(=O)c1ccc(C(F)(F)F)cc1. The van der Waals surface area contributed by atoms with Gasteiger partial charge in [0.15, 0.2) is 0 Å². The Morgan fingerprint density at radius 1 is 1.25 bits per heavy atom. The maximum Gasteiger partial charge on any atom is 0.416 e. The van der Waals surface area contributed by atoms with Crippen LogP contribution in [0.25, 0.3) is 0 Å². The lowest BCUT2D eigenvalue weighted by molar-refractivity contribution is -0.138. The molecule has 1 aromatic rings. The third-order valence-electron chi connectivity index (χ3n) is 2.35. The topological polar surface area (TPSA) is 57.6 Å². The van der Waals surface area contributed by atoms with Crippen LogP contribution in [0, 0.1) is 12.3 Å². The van der Waals surface area contributed by atoms with Crippen molar-refractivity contribution in [2.45, 2.75) is 6.18 Å². The highest BCUT2D eigenvalue weighted by Crippen LogP contribution is 2.29. The second-order valence-corrected chi connectivity index (χ2v) is 3.83. The molecule has 0 bridgehead atoms. The Morgan fingerprint density at radius 2 is 1.80 bits per heavy atom. The van der Waals surface area contributed by atoms with E-state index >= 15 is 0 Å². The van der Waals surface area contributed by atoms with Gasteiger partial charge in [-0.05, 0) is 24.3 Å². The molecule has 0 radical (unpaired) electrons. The first-order valence-electron chi connectivity index (χ1n) is 5.37. The molecule has 1 rings (SSSR count). The second-order valence-electron chi connectivity index (χ2n) is 3.83. The Kier molecular flexibility index (Phi) is 4.75. The summed E-state index contributed by atoms with van der Waals surface area (Å²) < 4.78 is 37.1. The van der Waals surface area contributed by atoms with E-state index in [0.717, 1.165) is 29.2 Å². The van der Waals surface area contributed by atoms with Gasteiger partial charge < -0.3 is 10.0 Å². The van der Waals surface area contributed by atoms with Crippen LogP contribution in [0.3, 0.4) is 0 Å². The van der Waals surface area contributed by atoms with E-state index in [2.05, 4.69) is 5.92 Å². The molecule has 0 heterocycles. The van der Waals surface area contributed by atoms with E-state index in [1.54, 1.807) is 0 Å². The predicted octanol–water partition coefficient (Wildman–Crippen LogP) is 1.87. The first kappa shape index (κ1) is 15.6. The molecule has 4 nitrogen and oxygen atoms in total. The summed E-state index contributed by atoms with van der Waals surface area (Å²) in [7, 11) is 0. The smallest absolute Gasteiger partial charge is 0.416 e. The lowest BCUT2D eigenvalue weighted by Crippen LogP contribution is -2.36. The van der Waals surface area contributed by atoms with Crippen molar-refractivity contribution >= 4 is 11.9 Å². The minimum atomic E-state index is -4.50.